The van der Waals surface area contributed by atoms with E-state index < -0.39 is 17.7 Å². The van der Waals surface area contributed by atoms with E-state index in [2.05, 4.69) is 15.9 Å². The third-order valence-electron chi connectivity index (χ3n) is 4.96. The first-order valence-electron chi connectivity index (χ1n) is 9.80. The molecule has 30 heavy (non-hydrogen) atoms. The minimum atomic E-state index is -0.620. The molecule has 0 radical (unpaired) electrons. The van der Waals surface area contributed by atoms with Crippen LogP contribution in [0, 0.1) is 0 Å². The van der Waals surface area contributed by atoms with Gasteiger partial charge in [-0.05, 0) is 56.4 Å². The SMILES string of the molecule is CN(C)CCCN1C(=O)C(O)=C(C(=O)C=Cc2ccccc2)C1c1cccc(Br)c1. The Morgan fingerprint density at radius 2 is 1.90 bits per heavy atom. The van der Waals surface area contributed by atoms with Gasteiger partial charge >= 0.3 is 0 Å². The van der Waals surface area contributed by atoms with E-state index in [9.17, 15) is 14.7 Å². The molecule has 0 bridgehead atoms. The number of halogens is 1. The zero-order chi connectivity index (χ0) is 21.7. The summed E-state index contributed by atoms with van der Waals surface area (Å²) in [6.45, 7) is 1.24. The summed E-state index contributed by atoms with van der Waals surface area (Å²) in [6.07, 6.45) is 3.85. The van der Waals surface area contributed by atoms with Crippen LogP contribution in [-0.4, -0.2) is 53.8 Å². The van der Waals surface area contributed by atoms with Crippen LogP contribution in [0.2, 0.25) is 0 Å². The molecule has 1 atom stereocenters. The Morgan fingerprint density at radius 1 is 1.17 bits per heavy atom. The van der Waals surface area contributed by atoms with E-state index in [1.807, 2.05) is 73.6 Å². The number of nitrogens with zero attached hydrogens (tertiary/aromatic N) is 2. The van der Waals surface area contributed by atoms with Gasteiger partial charge in [0.15, 0.2) is 11.5 Å². The fraction of sp³-hybridized carbons (Fsp3) is 0.250. The van der Waals surface area contributed by atoms with Gasteiger partial charge < -0.3 is 14.9 Å². The fourth-order valence-corrected chi connectivity index (χ4v) is 3.96. The fourth-order valence-electron chi connectivity index (χ4n) is 3.54. The van der Waals surface area contributed by atoms with Gasteiger partial charge in [0.25, 0.3) is 5.91 Å². The molecule has 0 spiro atoms. The number of rotatable bonds is 8. The van der Waals surface area contributed by atoms with Crippen molar-refractivity contribution in [2.24, 2.45) is 0 Å². The quantitative estimate of drug-likeness (QED) is 0.583. The highest BCUT2D eigenvalue weighted by Gasteiger charge is 2.42. The lowest BCUT2D eigenvalue weighted by Crippen LogP contribution is -2.33. The van der Waals surface area contributed by atoms with Crippen LogP contribution in [0.3, 0.4) is 0 Å². The maximum Gasteiger partial charge on any atom is 0.290 e. The van der Waals surface area contributed by atoms with E-state index in [1.165, 1.54) is 6.08 Å². The summed E-state index contributed by atoms with van der Waals surface area (Å²) >= 11 is 3.46. The van der Waals surface area contributed by atoms with Crippen molar-refractivity contribution >= 4 is 33.7 Å². The number of benzene rings is 2. The van der Waals surface area contributed by atoms with Crippen molar-refractivity contribution in [1.82, 2.24) is 9.80 Å². The second-order valence-corrected chi connectivity index (χ2v) is 8.40. The molecule has 5 nitrogen and oxygen atoms in total. The normalized spacial score (nSPS) is 16.9. The largest absolute Gasteiger partial charge is 0.503 e. The van der Waals surface area contributed by atoms with Crippen LogP contribution >= 0.6 is 15.9 Å². The molecule has 0 saturated carbocycles. The number of ketones is 1. The summed E-state index contributed by atoms with van der Waals surface area (Å²) in [5, 5.41) is 10.6. The van der Waals surface area contributed by atoms with Gasteiger partial charge in [-0.1, -0.05) is 64.5 Å². The molecule has 156 valence electrons. The lowest BCUT2D eigenvalue weighted by molar-refractivity contribution is -0.129. The van der Waals surface area contributed by atoms with Crippen LogP contribution in [0.15, 0.2) is 76.5 Å². The Balaban J connectivity index is 1.94. The smallest absolute Gasteiger partial charge is 0.290 e. The molecule has 1 amide bonds. The third-order valence-corrected chi connectivity index (χ3v) is 5.46. The molecule has 6 heteroatoms. The number of carbonyl (C=O) groups is 2. The first-order chi connectivity index (χ1) is 14.4. The van der Waals surface area contributed by atoms with E-state index >= 15 is 0 Å². The lowest BCUT2D eigenvalue weighted by atomic mass is 9.95. The maximum atomic E-state index is 13.1. The Kier molecular flexibility index (Phi) is 7.24. The molecule has 0 aromatic heterocycles. The second kappa shape index (κ2) is 9.87. The van der Waals surface area contributed by atoms with Gasteiger partial charge in [-0.3, -0.25) is 9.59 Å². The first kappa shape index (κ1) is 22.0. The summed E-state index contributed by atoms with van der Waals surface area (Å²) < 4.78 is 0.846. The minimum Gasteiger partial charge on any atom is -0.503 e. The Hall–Kier alpha value is -2.70. The van der Waals surface area contributed by atoms with E-state index in [4.69, 9.17) is 0 Å². The molecule has 1 aliphatic rings. The molecule has 0 saturated heterocycles. The summed E-state index contributed by atoms with van der Waals surface area (Å²) in [5.41, 5.74) is 1.77. The molecule has 1 aliphatic heterocycles. The second-order valence-electron chi connectivity index (χ2n) is 7.48. The summed E-state index contributed by atoms with van der Waals surface area (Å²) in [7, 11) is 3.94. The van der Waals surface area contributed by atoms with Gasteiger partial charge in [0.1, 0.15) is 0 Å². The number of hydrogen-bond donors (Lipinski definition) is 1. The van der Waals surface area contributed by atoms with Crippen molar-refractivity contribution in [3.05, 3.63) is 87.6 Å². The molecule has 2 aromatic carbocycles. The number of aliphatic hydroxyl groups is 1. The molecular weight excluding hydrogens is 444 g/mol. The first-order valence-corrected chi connectivity index (χ1v) is 10.6. The molecule has 1 N–H and O–H groups in total. The maximum absolute atomic E-state index is 13.1. The predicted molar refractivity (Wildman–Crippen MR) is 122 cm³/mol. The molecule has 1 unspecified atom stereocenters. The van der Waals surface area contributed by atoms with Crippen LogP contribution in [0.5, 0.6) is 0 Å². The highest BCUT2D eigenvalue weighted by atomic mass is 79.9. The number of carbonyl (C=O) groups excluding carboxylic acids is 2. The molecule has 0 aliphatic carbocycles. The summed E-state index contributed by atoms with van der Waals surface area (Å²) in [6, 6.07) is 16.3. The summed E-state index contributed by atoms with van der Waals surface area (Å²) in [5.74, 6) is -1.34. The Bertz CT molecular complexity index is 983. The predicted octanol–water partition coefficient (Wildman–Crippen LogP) is 4.38. The monoisotopic (exact) mass is 468 g/mol. The van der Waals surface area contributed by atoms with Crippen LogP contribution in [0.25, 0.3) is 6.08 Å². The third kappa shape index (κ3) is 5.07. The standard InChI is InChI=1S/C24H25BrN2O3/c1-26(2)14-7-15-27-22(18-10-6-11-19(25)16-18)21(23(29)24(27)30)20(28)13-12-17-8-4-3-5-9-17/h3-6,8-13,16,22,29H,7,14-15H2,1-2H3. The molecule has 0 fully saturated rings. The van der Waals surface area contributed by atoms with Gasteiger partial charge in [-0.25, -0.2) is 0 Å². The van der Waals surface area contributed by atoms with Gasteiger partial charge in [-0.15, -0.1) is 0 Å². The molecular formula is C24H25BrN2O3. The Labute approximate surface area is 185 Å². The molecule has 3 rings (SSSR count). The van der Waals surface area contributed by atoms with Crippen molar-refractivity contribution in [1.29, 1.82) is 0 Å². The highest BCUT2D eigenvalue weighted by Crippen LogP contribution is 2.38. The van der Waals surface area contributed by atoms with Crippen molar-refractivity contribution in [3.8, 4) is 0 Å². The van der Waals surface area contributed by atoms with Gasteiger partial charge in [0.05, 0.1) is 11.6 Å². The van der Waals surface area contributed by atoms with E-state index in [1.54, 1.807) is 11.0 Å². The minimum absolute atomic E-state index is 0.120. The lowest BCUT2D eigenvalue weighted by Gasteiger charge is -2.27. The van der Waals surface area contributed by atoms with Crippen LogP contribution in [0.4, 0.5) is 0 Å². The number of allylic oxidation sites excluding steroid dienone is 1. The number of amides is 1. The average Bonchev–Trinajstić information content (AvgIpc) is 2.97. The van der Waals surface area contributed by atoms with E-state index in [-0.39, 0.29) is 11.4 Å². The topological polar surface area (TPSA) is 60.9 Å². The summed E-state index contributed by atoms with van der Waals surface area (Å²) in [4.78, 5) is 29.5. The molecule has 2 aromatic rings. The van der Waals surface area contributed by atoms with E-state index in [0.29, 0.717) is 6.54 Å². The average molecular weight is 469 g/mol. The van der Waals surface area contributed by atoms with Gasteiger partial charge in [0.2, 0.25) is 0 Å². The zero-order valence-corrected chi connectivity index (χ0v) is 18.7. The highest BCUT2D eigenvalue weighted by molar-refractivity contribution is 9.10. The van der Waals surface area contributed by atoms with Crippen molar-refractivity contribution in [2.75, 3.05) is 27.2 Å². The van der Waals surface area contributed by atoms with Crippen LogP contribution in [-0.2, 0) is 9.59 Å². The van der Waals surface area contributed by atoms with Crippen molar-refractivity contribution < 1.29 is 14.7 Å². The van der Waals surface area contributed by atoms with Crippen LogP contribution in [0.1, 0.15) is 23.6 Å². The Morgan fingerprint density at radius 3 is 2.57 bits per heavy atom. The van der Waals surface area contributed by atoms with Gasteiger partial charge in [-0.2, -0.15) is 0 Å². The van der Waals surface area contributed by atoms with Gasteiger partial charge in [0, 0.05) is 11.0 Å². The number of aliphatic hydroxyl groups excluding tert-OH is 1. The molecule has 1 heterocycles. The number of hydrogen-bond acceptors (Lipinski definition) is 4. The van der Waals surface area contributed by atoms with Crippen molar-refractivity contribution in [2.45, 2.75) is 12.5 Å². The van der Waals surface area contributed by atoms with Crippen molar-refractivity contribution in [3.63, 3.8) is 0 Å². The van der Waals surface area contributed by atoms with Crippen LogP contribution < -0.4 is 0 Å². The zero-order valence-electron chi connectivity index (χ0n) is 17.1. The van der Waals surface area contributed by atoms with E-state index in [0.717, 1.165) is 28.6 Å².